The van der Waals surface area contributed by atoms with Crippen LogP contribution in [0, 0.1) is 12.8 Å². The lowest BCUT2D eigenvalue weighted by atomic mass is 9.88. The van der Waals surface area contributed by atoms with Crippen molar-refractivity contribution in [3.8, 4) is 5.75 Å². The fraction of sp³-hybridized carbons (Fsp3) is 0.619. The van der Waals surface area contributed by atoms with Crippen LogP contribution >= 0.6 is 23.7 Å². The van der Waals surface area contributed by atoms with Crippen LogP contribution in [0.25, 0.3) is 10.2 Å². The van der Waals surface area contributed by atoms with Gasteiger partial charge in [0.15, 0.2) is 5.13 Å². The molecule has 1 amide bonds. The number of hydrogen-bond acceptors (Lipinski definition) is 5. The number of thiazole rings is 1. The normalized spacial score (nSPS) is 14.9. The summed E-state index contributed by atoms with van der Waals surface area (Å²) in [5.74, 6) is 1.17. The highest BCUT2D eigenvalue weighted by Crippen LogP contribution is 2.37. The van der Waals surface area contributed by atoms with Crippen molar-refractivity contribution in [3.05, 3.63) is 17.7 Å². The first-order valence-electron chi connectivity index (χ1n) is 9.91. The van der Waals surface area contributed by atoms with Crippen molar-refractivity contribution in [2.24, 2.45) is 5.92 Å². The van der Waals surface area contributed by atoms with E-state index in [9.17, 15) is 4.79 Å². The van der Waals surface area contributed by atoms with E-state index in [1.54, 1.807) is 18.4 Å². The number of methoxy groups -OCH3 is 1. The minimum Gasteiger partial charge on any atom is -0.494 e. The zero-order valence-electron chi connectivity index (χ0n) is 17.4. The Morgan fingerprint density at radius 2 is 1.93 bits per heavy atom. The highest BCUT2D eigenvalue weighted by atomic mass is 35.5. The van der Waals surface area contributed by atoms with E-state index in [4.69, 9.17) is 9.72 Å². The van der Waals surface area contributed by atoms with E-state index in [-0.39, 0.29) is 24.2 Å². The van der Waals surface area contributed by atoms with E-state index in [2.05, 4.69) is 32.0 Å². The first-order valence-corrected chi connectivity index (χ1v) is 10.7. The van der Waals surface area contributed by atoms with Gasteiger partial charge < -0.3 is 9.64 Å². The smallest absolute Gasteiger partial charge is 0.231 e. The van der Waals surface area contributed by atoms with Crippen LogP contribution in [0.4, 0.5) is 5.13 Å². The third-order valence-corrected chi connectivity index (χ3v) is 6.56. The Bertz CT molecular complexity index is 787. The van der Waals surface area contributed by atoms with Gasteiger partial charge in [0.25, 0.3) is 0 Å². The highest BCUT2D eigenvalue weighted by Gasteiger charge is 2.29. The lowest BCUT2D eigenvalue weighted by molar-refractivity contribution is -0.123. The number of anilines is 1. The molecule has 0 aliphatic heterocycles. The van der Waals surface area contributed by atoms with E-state index in [1.807, 2.05) is 11.0 Å². The molecule has 1 aliphatic rings. The number of hydrogen-bond donors (Lipinski definition) is 0. The third-order valence-electron chi connectivity index (χ3n) is 5.35. The van der Waals surface area contributed by atoms with E-state index >= 15 is 0 Å². The molecule has 1 aromatic carbocycles. The molecule has 7 heteroatoms. The fourth-order valence-electron chi connectivity index (χ4n) is 3.79. The van der Waals surface area contributed by atoms with Gasteiger partial charge in [0.2, 0.25) is 5.91 Å². The predicted octanol–water partition coefficient (Wildman–Crippen LogP) is 4.90. The molecule has 0 unspecified atom stereocenters. The molecule has 3 rings (SSSR count). The first-order chi connectivity index (χ1) is 13.0. The molecule has 1 heterocycles. The first kappa shape index (κ1) is 22.9. The summed E-state index contributed by atoms with van der Waals surface area (Å²) in [5.41, 5.74) is 2.04. The maximum absolute atomic E-state index is 13.3. The maximum atomic E-state index is 13.3. The number of amides is 1. The summed E-state index contributed by atoms with van der Waals surface area (Å²) in [6, 6.07) is 4.02. The second-order valence-electron chi connectivity index (χ2n) is 7.74. The Balaban J connectivity index is 0.00000280. The molecule has 2 aromatic rings. The molecule has 28 heavy (non-hydrogen) atoms. The number of ether oxygens (including phenoxy) is 1. The Kier molecular flexibility index (Phi) is 8.53. The molecule has 0 bridgehead atoms. The molecule has 0 saturated heterocycles. The second-order valence-corrected chi connectivity index (χ2v) is 8.72. The number of carbonyl (C=O) groups excluding carboxylic acids is 1. The lowest BCUT2D eigenvalue weighted by Crippen LogP contribution is -2.38. The number of nitrogens with zero attached hydrogens (tertiary/aromatic N) is 3. The number of aromatic nitrogens is 1. The summed E-state index contributed by atoms with van der Waals surface area (Å²) in [5, 5.41) is 0.812. The summed E-state index contributed by atoms with van der Waals surface area (Å²) >= 11 is 1.61. The van der Waals surface area contributed by atoms with Crippen LogP contribution in [0.5, 0.6) is 5.75 Å². The largest absolute Gasteiger partial charge is 0.494 e. The van der Waals surface area contributed by atoms with Crippen LogP contribution in [0.1, 0.15) is 44.1 Å². The number of fused-ring (bicyclic) bond motifs is 1. The van der Waals surface area contributed by atoms with Crippen molar-refractivity contribution in [1.29, 1.82) is 0 Å². The zero-order valence-corrected chi connectivity index (χ0v) is 19.0. The minimum absolute atomic E-state index is 0. The standard InChI is InChI=1S/C21H31N3O2S.ClH/c1-15-11-12-17(26-4)18-19(15)27-21(22-18)24(14-8-13-23(2)3)20(25)16-9-6-5-7-10-16;/h11-12,16H,5-10,13-14H2,1-4H3;1H. The molecule has 1 aliphatic carbocycles. The van der Waals surface area contributed by atoms with E-state index < -0.39 is 0 Å². The van der Waals surface area contributed by atoms with Gasteiger partial charge in [-0.15, -0.1) is 12.4 Å². The van der Waals surface area contributed by atoms with Crippen LogP contribution in [-0.4, -0.2) is 50.1 Å². The van der Waals surface area contributed by atoms with Crippen LogP contribution in [0.15, 0.2) is 12.1 Å². The average Bonchev–Trinajstić information content (AvgIpc) is 3.11. The molecule has 0 radical (unpaired) electrons. The Hall–Kier alpha value is -1.37. The molecule has 5 nitrogen and oxygen atoms in total. The predicted molar refractivity (Wildman–Crippen MR) is 120 cm³/mol. The Morgan fingerprint density at radius 1 is 1.21 bits per heavy atom. The average molecular weight is 426 g/mol. The topological polar surface area (TPSA) is 45.7 Å². The zero-order chi connectivity index (χ0) is 19.4. The lowest BCUT2D eigenvalue weighted by Gasteiger charge is -2.28. The molecule has 0 N–H and O–H groups in total. The van der Waals surface area contributed by atoms with Gasteiger partial charge >= 0.3 is 0 Å². The minimum atomic E-state index is 0. The van der Waals surface area contributed by atoms with Crippen molar-refractivity contribution < 1.29 is 9.53 Å². The molecular weight excluding hydrogens is 394 g/mol. The molecule has 156 valence electrons. The maximum Gasteiger partial charge on any atom is 0.231 e. The van der Waals surface area contributed by atoms with Crippen molar-refractivity contribution >= 4 is 45.0 Å². The number of benzene rings is 1. The highest BCUT2D eigenvalue weighted by molar-refractivity contribution is 7.22. The van der Waals surface area contributed by atoms with Gasteiger partial charge in [-0.2, -0.15) is 0 Å². The number of aryl methyl sites for hydroxylation is 1. The molecule has 0 atom stereocenters. The number of carbonyl (C=O) groups is 1. The second kappa shape index (κ2) is 10.4. The Labute approximate surface area is 178 Å². The molecular formula is C21H32ClN3O2S. The molecule has 1 fully saturated rings. The van der Waals surface area contributed by atoms with Crippen molar-refractivity contribution in [2.45, 2.75) is 45.4 Å². The number of rotatable bonds is 7. The number of halogens is 1. The van der Waals surface area contributed by atoms with E-state index in [0.717, 1.165) is 59.7 Å². The van der Waals surface area contributed by atoms with Crippen molar-refractivity contribution in [3.63, 3.8) is 0 Å². The van der Waals surface area contributed by atoms with Crippen molar-refractivity contribution in [1.82, 2.24) is 9.88 Å². The summed E-state index contributed by atoms with van der Waals surface area (Å²) in [7, 11) is 5.81. The van der Waals surface area contributed by atoms with Gasteiger partial charge in [0.1, 0.15) is 11.3 Å². The third kappa shape index (κ3) is 5.16. The van der Waals surface area contributed by atoms with Crippen LogP contribution < -0.4 is 9.64 Å². The van der Waals surface area contributed by atoms with Gasteiger partial charge in [-0.1, -0.05) is 36.7 Å². The van der Waals surface area contributed by atoms with Crippen molar-refractivity contribution in [2.75, 3.05) is 39.2 Å². The van der Waals surface area contributed by atoms with Gasteiger partial charge in [-0.25, -0.2) is 4.98 Å². The SMILES string of the molecule is COc1ccc(C)c2sc(N(CCCN(C)C)C(=O)C3CCCCC3)nc12.Cl. The Morgan fingerprint density at radius 3 is 2.57 bits per heavy atom. The fourth-order valence-corrected chi connectivity index (χ4v) is 4.88. The summed E-state index contributed by atoms with van der Waals surface area (Å²) < 4.78 is 6.61. The molecule has 1 saturated carbocycles. The summed E-state index contributed by atoms with van der Waals surface area (Å²) in [6.07, 6.45) is 6.54. The van der Waals surface area contributed by atoms with Gasteiger partial charge in [0.05, 0.1) is 11.8 Å². The quantitative estimate of drug-likeness (QED) is 0.632. The van der Waals surface area contributed by atoms with Gasteiger partial charge in [-0.3, -0.25) is 9.69 Å². The van der Waals surface area contributed by atoms with Crippen LogP contribution in [0.3, 0.4) is 0 Å². The van der Waals surface area contributed by atoms with Crippen LogP contribution in [-0.2, 0) is 4.79 Å². The summed E-state index contributed by atoms with van der Waals surface area (Å²) in [6.45, 7) is 3.76. The monoisotopic (exact) mass is 425 g/mol. The van der Waals surface area contributed by atoms with Gasteiger partial charge in [0, 0.05) is 12.5 Å². The molecule has 1 aromatic heterocycles. The van der Waals surface area contributed by atoms with Gasteiger partial charge in [-0.05, 0) is 58.5 Å². The summed E-state index contributed by atoms with van der Waals surface area (Å²) in [4.78, 5) is 22.3. The van der Waals surface area contributed by atoms with Crippen LogP contribution in [0.2, 0.25) is 0 Å². The molecule has 0 spiro atoms. The van der Waals surface area contributed by atoms with E-state index in [1.165, 1.54) is 12.0 Å². The van der Waals surface area contributed by atoms with E-state index in [0.29, 0.717) is 6.54 Å².